The summed E-state index contributed by atoms with van der Waals surface area (Å²) in [6.07, 6.45) is 0. The molecule has 182 valence electrons. The number of rotatable bonds is 11. The lowest BCUT2D eigenvalue weighted by atomic mass is 10.1. The monoisotopic (exact) mass is 500 g/mol. The summed E-state index contributed by atoms with van der Waals surface area (Å²) in [4.78, 5) is 22.2. The first-order chi connectivity index (χ1) is 15.1. The van der Waals surface area contributed by atoms with Gasteiger partial charge in [-0.25, -0.2) is 0 Å². The van der Waals surface area contributed by atoms with E-state index in [1.807, 2.05) is 32.9 Å². The minimum absolute atomic E-state index is 0. The van der Waals surface area contributed by atoms with Crippen molar-refractivity contribution in [2.75, 3.05) is 32.1 Å². The molecule has 2 rings (SSSR count). The van der Waals surface area contributed by atoms with Crippen molar-refractivity contribution in [1.82, 2.24) is 10.6 Å². The summed E-state index contributed by atoms with van der Waals surface area (Å²) in [6.45, 7) is 7.44. The van der Waals surface area contributed by atoms with Crippen molar-refractivity contribution in [3.05, 3.63) is 57.1 Å². The van der Waals surface area contributed by atoms with Gasteiger partial charge in [0.05, 0.1) is 22.7 Å². The van der Waals surface area contributed by atoms with Crippen LogP contribution in [-0.2, 0) is 11.3 Å². The van der Waals surface area contributed by atoms with Crippen LogP contribution in [0.25, 0.3) is 0 Å². The van der Waals surface area contributed by atoms with E-state index in [-0.39, 0.29) is 36.1 Å². The van der Waals surface area contributed by atoms with Crippen LogP contribution in [0.15, 0.2) is 36.4 Å². The number of hydrogen-bond acceptors (Lipinski definition) is 7. The highest BCUT2D eigenvalue weighted by atomic mass is 35.5. The Morgan fingerprint density at radius 3 is 2.45 bits per heavy atom. The molecule has 0 aromatic heterocycles. The molecule has 33 heavy (non-hydrogen) atoms. The standard InChI is InChI=1S/C22H29ClN4O5.ClH/c1-22(2,3)26-21(28)14-32-19-8-5-15(11-20(19)31-4)13-24-9-10-25-18-7-6-16(27(29)30)12-17(18)23;/h5-8,11-12,24-25H,9-10,13-14H2,1-4H3,(H,26,28);1H. The normalized spacial score (nSPS) is 10.7. The fraction of sp³-hybridized carbons (Fsp3) is 0.409. The molecule has 0 aliphatic carbocycles. The first-order valence-corrected chi connectivity index (χ1v) is 10.5. The predicted molar refractivity (Wildman–Crippen MR) is 132 cm³/mol. The third-order valence-corrected chi connectivity index (χ3v) is 4.52. The third kappa shape index (κ3) is 9.73. The summed E-state index contributed by atoms with van der Waals surface area (Å²) in [7, 11) is 1.55. The summed E-state index contributed by atoms with van der Waals surface area (Å²) in [5.41, 5.74) is 1.26. The topological polar surface area (TPSA) is 115 Å². The molecule has 0 radical (unpaired) electrons. The highest BCUT2D eigenvalue weighted by Gasteiger charge is 2.15. The first kappa shape index (κ1) is 28.3. The second kappa shape index (κ2) is 13.1. The first-order valence-electron chi connectivity index (χ1n) is 10.1. The fourth-order valence-corrected chi connectivity index (χ4v) is 3.06. The maximum Gasteiger partial charge on any atom is 0.271 e. The number of non-ortho nitro benzene ring substituents is 1. The van der Waals surface area contributed by atoms with Crippen molar-refractivity contribution >= 4 is 41.3 Å². The molecule has 3 N–H and O–H groups in total. The average molecular weight is 501 g/mol. The zero-order chi connectivity index (χ0) is 23.7. The van der Waals surface area contributed by atoms with Crippen molar-refractivity contribution < 1.29 is 19.2 Å². The molecule has 0 fully saturated rings. The Morgan fingerprint density at radius 2 is 1.85 bits per heavy atom. The zero-order valence-electron chi connectivity index (χ0n) is 19.1. The molecule has 0 aliphatic rings. The van der Waals surface area contributed by atoms with E-state index in [2.05, 4.69) is 16.0 Å². The number of carbonyl (C=O) groups is 1. The number of benzene rings is 2. The number of carbonyl (C=O) groups excluding carboxylic acids is 1. The van der Waals surface area contributed by atoms with Crippen molar-refractivity contribution in [3.8, 4) is 11.5 Å². The molecule has 9 nitrogen and oxygen atoms in total. The Hall–Kier alpha value is -2.75. The summed E-state index contributed by atoms with van der Waals surface area (Å²) < 4.78 is 11.0. The SMILES string of the molecule is COc1cc(CNCCNc2ccc([N+](=O)[O-])cc2Cl)ccc1OCC(=O)NC(C)(C)C.Cl. The second-order valence-corrected chi connectivity index (χ2v) is 8.50. The second-order valence-electron chi connectivity index (χ2n) is 8.10. The molecule has 0 spiro atoms. The Balaban J connectivity index is 0.00000544. The lowest BCUT2D eigenvalue weighted by Gasteiger charge is -2.20. The van der Waals surface area contributed by atoms with E-state index in [1.54, 1.807) is 19.2 Å². The molecule has 0 heterocycles. The number of nitrogens with one attached hydrogen (secondary N) is 3. The highest BCUT2D eigenvalue weighted by Crippen LogP contribution is 2.28. The van der Waals surface area contributed by atoms with E-state index in [1.165, 1.54) is 12.1 Å². The van der Waals surface area contributed by atoms with Gasteiger partial charge in [0.15, 0.2) is 18.1 Å². The number of nitrogens with zero attached hydrogens (tertiary/aromatic N) is 1. The Bertz CT molecular complexity index is 951. The van der Waals surface area contributed by atoms with Crippen molar-refractivity contribution in [3.63, 3.8) is 0 Å². The molecule has 0 bridgehead atoms. The number of nitro benzene ring substituents is 1. The Morgan fingerprint density at radius 1 is 1.12 bits per heavy atom. The molecule has 2 aromatic rings. The number of nitro groups is 1. The number of halogens is 2. The highest BCUT2D eigenvalue weighted by molar-refractivity contribution is 6.33. The van der Waals surface area contributed by atoms with Crippen molar-refractivity contribution in [1.29, 1.82) is 0 Å². The van der Waals surface area contributed by atoms with Gasteiger partial charge in [0.1, 0.15) is 0 Å². The van der Waals surface area contributed by atoms with Gasteiger partial charge in [0.25, 0.3) is 11.6 Å². The summed E-state index contributed by atoms with van der Waals surface area (Å²) in [5, 5.41) is 20.3. The van der Waals surface area contributed by atoms with Gasteiger partial charge in [-0.2, -0.15) is 0 Å². The molecule has 1 amide bonds. The number of hydrogen-bond donors (Lipinski definition) is 3. The van der Waals surface area contributed by atoms with Crippen LogP contribution in [0.3, 0.4) is 0 Å². The van der Waals surface area contributed by atoms with Crippen LogP contribution in [0.4, 0.5) is 11.4 Å². The van der Waals surface area contributed by atoms with Crippen LogP contribution in [-0.4, -0.2) is 43.2 Å². The third-order valence-electron chi connectivity index (χ3n) is 4.21. The van der Waals surface area contributed by atoms with Gasteiger partial charge in [-0.1, -0.05) is 17.7 Å². The molecule has 0 unspecified atom stereocenters. The lowest BCUT2D eigenvalue weighted by molar-refractivity contribution is -0.384. The predicted octanol–water partition coefficient (Wildman–Crippen LogP) is 4.17. The molecule has 11 heteroatoms. The molecule has 2 aromatic carbocycles. The van der Waals surface area contributed by atoms with E-state index in [0.29, 0.717) is 41.8 Å². The van der Waals surface area contributed by atoms with Gasteiger partial charge >= 0.3 is 0 Å². The summed E-state index contributed by atoms with van der Waals surface area (Å²) in [6, 6.07) is 9.84. The molecule has 0 atom stereocenters. The lowest BCUT2D eigenvalue weighted by Crippen LogP contribution is -2.43. The van der Waals surface area contributed by atoms with Gasteiger partial charge in [-0.05, 0) is 44.5 Å². The van der Waals surface area contributed by atoms with Gasteiger partial charge in [-0.3, -0.25) is 14.9 Å². The number of ether oxygens (including phenoxy) is 2. The van der Waals surface area contributed by atoms with Gasteiger partial charge < -0.3 is 25.4 Å². The molecular formula is C22H30Cl2N4O5. The fourth-order valence-electron chi connectivity index (χ4n) is 2.82. The summed E-state index contributed by atoms with van der Waals surface area (Å²) in [5.74, 6) is 0.837. The maximum absolute atomic E-state index is 11.9. The van der Waals surface area contributed by atoms with E-state index in [4.69, 9.17) is 21.1 Å². The van der Waals surface area contributed by atoms with Gasteiger partial charge in [0.2, 0.25) is 0 Å². The van der Waals surface area contributed by atoms with Gasteiger partial charge in [-0.15, -0.1) is 12.4 Å². The Kier molecular flexibility index (Phi) is 11.2. The van der Waals surface area contributed by atoms with Crippen LogP contribution in [0.5, 0.6) is 11.5 Å². The van der Waals surface area contributed by atoms with Crippen molar-refractivity contribution in [2.45, 2.75) is 32.9 Å². The van der Waals surface area contributed by atoms with Crippen LogP contribution < -0.4 is 25.4 Å². The number of methoxy groups -OCH3 is 1. The number of amides is 1. The Labute approximate surface area is 204 Å². The number of anilines is 1. The van der Waals surface area contributed by atoms with Crippen LogP contribution in [0.2, 0.25) is 5.02 Å². The van der Waals surface area contributed by atoms with E-state index in [0.717, 1.165) is 5.56 Å². The molecule has 0 saturated carbocycles. The van der Waals surface area contributed by atoms with E-state index >= 15 is 0 Å². The van der Waals surface area contributed by atoms with Crippen LogP contribution >= 0.6 is 24.0 Å². The minimum Gasteiger partial charge on any atom is -0.493 e. The van der Waals surface area contributed by atoms with E-state index in [9.17, 15) is 14.9 Å². The quantitative estimate of drug-likeness (QED) is 0.241. The van der Waals surface area contributed by atoms with Crippen LogP contribution in [0.1, 0.15) is 26.3 Å². The van der Waals surface area contributed by atoms with Gasteiger partial charge in [0, 0.05) is 37.3 Å². The average Bonchev–Trinajstić information content (AvgIpc) is 2.71. The minimum atomic E-state index is -0.484. The van der Waals surface area contributed by atoms with Crippen LogP contribution in [0, 0.1) is 10.1 Å². The summed E-state index contributed by atoms with van der Waals surface area (Å²) >= 11 is 6.07. The maximum atomic E-state index is 11.9. The van der Waals surface area contributed by atoms with Crippen molar-refractivity contribution in [2.24, 2.45) is 0 Å². The largest absolute Gasteiger partial charge is 0.493 e. The molecule has 0 saturated heterocycles. The zero-order valence-corrected chi connectivity index (χ0v) is 20.6. The smallest absolute Gasteiger partial charge is 0.271 e. The molecule has 0 aliphatic heterocycles. The van der Waals surface area contributed by atoms with E-state index < -0.39 is 4.92 Å². The molecular weight excluding hydrogens is 471 g/mol.